The Hall–Kier alpha value is -3.23. The zero-order valence-electron chi connectivity index (χ0n) is 16.7. The van der Waals surface area contributed by atoms with Gasteiger partial charge in [0.1, 0.15) is 5.01 Å². The van der Waals surface area contributed by atoms with E-state index in [-0.39, 0.29) is 5.41 Å². The molecule has 0 unspecified atom stereocenters. The summed E-state index contributed by atoms with van der Waals surface area (Å²) >= 11 is 1.83. The molecule has 0 bridgehead atoms. The number of hydrogen-bond acceptors (Lipinski definition) is 2. The maximum Gasteiger partial charge on any atom is 0.105 e. The lowest BCUT2D eigenvalue weighted by atomic mass is 9.71. The van der Waals surface area contributed by atoms with Crippen molar-refractivity contribution in [2.24, 2.45) is 0 Å². The topological polar surface area (TPSA) is 12.9 Å². The maximum atomic E-state index is 5.17. The molecule has 1 aromatic heterocycles. The number of fused-ring (bicyclic) bond motifs is 1. The van der Waals surface area contributed by atoms with E-state index >= 15 is 0 Å². The number of aromatic nitrogens is 1. The normalized spacial score (nSPS) is 11.6. The molecule has 4 aromatic carbocycles. The number of para-hydroxylation sites is 1. The second-order valence-corrected chi connectivity index (χ2v) is 8.79. The van der Waals surface area contributed by atoms with Gasteiger partial charge in [-0.1, -0.05) is 103 Å². The van der Waals surface area contributed by atoms with Crippen LogP contribution < -0.4 is 0 Å². The third-order valence-electron chi connectivity index (χ3n) is 5.73. The zero-order chi connectivity index (χ0) is 20.2. The predicted molar refractivity (Wildman–Crippen MR) is 127 cm³/mol. The summed E-state index contributed by atoms with van der Waals surface area (Å²) < 4.78 is 1.24. The molecule has 0 N–H and O–H groups in total. The average Bonchev–Trinajstić information content (AvgIpc) is 3.25. The van der Waals surface area contributed by atoms with Crippen LogP contribution in [0.1, 0.15) is 21.7 Å². The standard InChI is InChI=1S/C28H23NS/c1-4-12-22(13-5-1)20-28(24-16-8-3-9-17-24,21-23-14-6-2-7-15-23)27-29-25-18-10-11-19-26(25)30-27/h1-19H,20-21H2. The van der Waals surface area contributed by atoms with Crippen LogP contribution in [0, 0.1) is 0 Å². The molecule has 1 heterocycles. The Bertz CT molecular complexity index is 1150. The summed E-state index contributed by atoms with van der Waals surface area (Å²) in [6, 6.07) is 41.0. The molecular weight excluding hydrogens is 382 g/mol. The van der Waals surface area contributed by atoms with E-state index in [1.54, 1.807) is 0 Å². The first-order chi connectivity index (χ1) is 14.8. The molecule has 5 rings (SSSR count). The highest BCUT2D eigenvalue weighted by molar-refractivity contribution is 7.18. The highest BCUT2D eigenvalue weighted by Crippen LogP contribution is 2.42. The third kappa shape index (κ3) is 3.67. The molecule has 0 aliphatic rings. The first-order valence-electron chi connectivity index (χ1n) is 10.3. The second kappa shape index (κ2) is 8.25. The number of thiazole rings is 1. The van der Waals surface area contributed by atoms with Crippen LogP contribution in [0.3, 0.4) is 0 Å². The van der Waals surface area contributed by atoms with Crippen LogP contribution in [-0.2, 0) is 18.3 Å². The van der Waals surface area contributed by atoms with Crippen molar-refractivity contribution in [2.45, 2.75) is 18.3 Å². The minimum atomic E-state index is -0.229. The summed E-state index contributed by atoms with van der Waals surface area (Å²) in [5.74, 6) is 0. The van der Waals surface area contributed by atoms with E-state index in [1.807, 2.05) is 11.3 Å². The molecule has 0 saturated heterocycles. The SMILES string of the molecule is c1ccc(CC(Cc2ccccc2)(c2ccccc2)c2nc3ccccc3s2)cc1. The molecule has 0 aliphatic carbocycles. The van der Waals surface area contributed by atoms with Gasteiger partial charge in [-0.15, -0.1) is 11.3 Å². The summed E-state index contributed by atoms with van der Waals surface area (Å²) in [4.78, 5) is 5.17. The fourth-order valence-corrected chi connectivity index (χ4v) is 5.44. The third-order valence-corrected chi connectivity index (χ3v) is 6.97. The van der Waals surface area contributed by atoms with Crippen molar-refractivity contribution in [3.8, 4) is 0 Å². The fourth-order valence-electron chi connectivity index (χ4n) is 4.26. The van der Waals surface area contributed by atoms with E-state index < -0.39 is 0 Å². The van der Waals surface area contributed by atoms with Gasteiger partial charge in [0.05, 0.1) is 15.6 Å². The first-order valence-corrected chi connectivity index (χ1v) is 11.1. The Morgan fingerprint density at radius 2 is 1.07 bits per heavy atom. The van der Waals surface area contributed by atoms with Crippen molar-refractivity contribution in [3.05, 3.63) is 137 Å². The van der Waals surface area contributed by atoms with Crippen molar-refractivity contribution in [1.29, 1.82) is 0 Å². The summed E-state index contributed by atoms with van der Waals surface area (Å²) in [6.07, 6.45) is 1.82. The lowest BCUT2D eigenvalue weighted by Gasteiger charge is -2.33. The van der Waals surface area contributed by atoms with Gasteiger partial charge in [0.2, 0.25) is 0 Å². The predicted octanol–water partition coefficient (Wildman–Crippen LogP) is 7.07. The van der Waals surface area contributed by atoms with Crippen LogP contribution >= 0.6 is 11.3 Å². The summed E-state index contributed by atoms with van der Waals surface area (Å²) in [6.45, 7) is 0. The van der Waals surface area contributed by atoms with Crippen molar-refractivity contribution in [2.75, 3.05) is 0 Å². The van der Waals surface area contributed by atoms with Crippen LogP contribution in [0.4, 0.5) is 0 Å². The van der Waals surface area contributed by atoms with Crippen LogP contribution in [0.25, 0.3) is 10.2 Å². The largest absolute Gasteiger partial charge is 0.240 e. The molecule has 5 aromatic rings. The monoisotopic (exact) mass is 405 g/mol. The molecule has 0 atom stereocenters. The maximum absolute atomic E-state index is 5.17. The van der Waals surface area contributed by atoms with E-state index in [0.717, 1.165) is 18.4 Å². The number of rotatable bonds is 6. The van der Waals surface area contributed by atoms with E-state index in [1.165, 1.54) is 26.4 Å². The van der Waals surface area contributed by atoms with Crippen LogP contribution in [0.15, 0.2) is 115 Å². The molecule has 0 radical (unpaired) electrons. The molecule has 0 spiro atoms. The van der Waals surface area contributed by atoms with Crippen molar-refractivity contribution in [1.82, 2.24) is 4.98 Å². The Morgan fingerprint density at radius 1 is 0.567 bits per heavy atom. The van der Waals surface area contributed by atoms with Crippen LogP contribution in [0.2, 0.25) is 0 Å². The smallest absolute Gasteiger partial charge is 0.105 e. The molecule has 30 heavy (non-hydrogen) atoms. The Kier molecular flexibility index (Phi) is 5.17. The highest BCUT2D eigenvalue weighted by atomic mass is 32.1. The Balaban J connectivity index is 1.74. The first kappa shape index (κ1) is 18.8. The zero-order valence-corrected chi connectivity index (χ0v) is 17.6. The molecule has 146 valence electrons. The number of hydrogen-bond donors (Lipinski definition) is 0. The lowest BCUT2D eigenvalue weighted by molar-refractivity contribution is 0.505. The van der Waals surface area contributed by atoms with Gasteiger partial charge in [-0.2, -0.15) is 0 Å². The van der Waals surface area contributed by atoms with Crippen molar-refractivity contribution in [3.63, 3.8) is 0 Å². The van der Waals surface area contributed by atoms with Crippen LogP contribution in [0.5, 0.6) is 0 Å². The van der Waals surface area contributed by atoms with Crippen molar-refractivity contribution < 1.29 is 0 Å². The van der Waals surface area contributed by atoms with Gasteiger partial charge < -0.3 is 0 Å². The van der Waals surface area contributed by atoms with E-state index in [9.17, 15) is 0 Å². The lowest BCUT2D eigenvalue weighted by Crippen LogP contribution is -2.33. The number of benzene rings is 4. The summed E-state index contributed by atoms with van der Waals surface area (Å²) in [5.41, 5.74) is 4.83. The van der Waals surface area contributed by atoms with E-state index in [4.69, 9.17) is 4.98 Å². The quantitative estimate of drug-likeness (QED) is 0.294. The van der Waals surface area contributed by atoms with E-state index in [0.29, 0.717) is 0 Å². The van der Waals surface area contributed by atoms with Gasteiger partial charge in [0, 0.05) is 0 Å². The van der Waals surface area contributed by atoms with Gasteiger partial charge in [-0.25, -0.2) is 4.98 Å². The molecule has 1 nitrogen and oxygen atoms in total. The Labute approximate surface area is 181 Å². The van der Waals surface area contributed by atoms with E-state index in [2.05, 4.69) is 115 Å². The van der Waals surface area contributed by atoms with Gasteiger partial charge in [0.25, 0.3) is 0 Å². The minimum Gasteiger partial charge on any atom is -0.240 e. The average molecular weight is 406 g/mol. The van der Waals surface area contributed by atoms with Gasteiger partial charge in [0.15, 0.2) is 0 Å². The second-order valence-electron chi connectivity index (χ2n) is 7.76. The Morgan fingerprint density at radius 3 is 1.63 bits per heavy atom. The van der Waals surface area contributed by atoms with Gasteiger partial charge >= 0.3 is 0 Å². The van der Waals surface area contributed by atoms with Crippen LogP contribution in [-0.4, -0.2) is 4.98 Å². The summed E-state index contributed by atoms with van der Waals surface area (Å²) in [7, 11) is 0. The molecule has 0 amide bonds. The van der Waals surface area contributed by atoms with Gasteiger partial charge in [-0.05, 0) is 41.7 Å². The van der Waals surface area contributed by atoms with Crippen molar-refractivity contribution >= 4 is 21.6 Å². The molecule has 2 heteroatoms. The summed E-state index contributed by atoms with van der Waals surface area (Å²) in [5, 5.41) is 1.18. The molecule has 0 saturated carbocycles. The highest BCUT2D eigenvalue weighted by Gasteiger charge is 2.38. The number of nitrogens with zero attached hydrogens (tertiary/aromatic N) is 1. The minimum absolute atomic E-state index is 0.229. The fraction of sp³-hybridized carbons (Fsp3) is 0.107. The van der Waals surface area contributed by atoms with Gasteiger partial charge in [-0.3, -0.25) is 0 Å². The molecule has 0 aliphatic heterocycles. The molecular formula is C28H23NS. The molecule has 0 fully saturated rings.